The molecule has 1 aromatic rings. The van der Waals surface area contributed by atoms with Crippen molar-refractivity contribution in [2.24, 2.45) is 5.73 Å². The van der Waals surface area contributed by atoms with E-state index >= 15 is 0 Å². The smallest absolute Gasteiger partial charge is 0.0588 e. The second kappa shape index (κ2) is 4.11. The Kier molecular flexibility index (Phi) is 2.85. The summed E-state index contributed by atoms with van der Waals surface area (Å²) in [5.41, 5.74) is 8.67. The molecule has 2 rings (SSSR count). The quantitative estimate of drug-likeness (QED) is 0.742. The first-order valence-corrected chi connectivity index (χ1v) is 5.27. The summed E-state index contributed by atoms with van der Waals surface area (Å²) in [4.78, 5) is 0. The molecule has 2 atom stereocenters. The van der Waals surface area contributed by atoms with Gasteiger partial charge in [0.25, 0.3) is 0 Å². The van der Waals surface area contributed by atoms with Crippen molar-refractivity contribution >= 4 is 0 Å². The van der Waals surface area contributed by atoms with E-state index in [2.05, 4.69) is 24.3 Å². The zero-order valence-electron chi connectivity index (χ0n) is 8.32. The fourth-order valence-electron chi connectivity index (χ4n) is 2.36. The van der Waals surface area contributed by atoms with Crippen molar-refractivity contribution in [2.45, 2.75) is 31.2 Å². The number of aryl methyl sites for hydroxylation is 1. The van der Waals surface area contributed by atoms with Gasteiger partial charge in [-0.1, -0.05) is 24.3 Å². The molecule has 0 heterocycles. The van der Waals surface area contributed by atoms with Crippen LogP contribution in [-0.4, -0.2) is 17.8 Å². The zero-order valence-corrected chi connectivity index (χ0v) is 8.32. The third-order valence-corrected chi connectivity index (χ3v) is 3.14. The SMILES string of the molecule is NC(CO)C1CCCc2ccccc21. The summed E-state index contributed by atoms with van der Waals surface area (Å²) in [7, 11) is 0. The van der Waals surface area contributed by atoms with Gasteiger partial charge in [-0.15, -0.1) is 0 Å². The third-order valence-electron chi connectivity index (χ3n) is 3.14. The lowest BCUT2D eigenvalue weighted by molar-refractivity contribution is 0.241. The summed E-state index contributed by atoms with van der Waals surface area (Å²) in [6.45, 7) is 0.0823. The number of hydrogen-bond donors (Lipinski definition) is 2. The van der Waals surface area contributed by atoms with Gasteiger partial charge in [-0.2, -0.15) is 0 Å². The standard InChI is InChI=1S/C12H17NO/c13-12(8-14)11-7-3-5-9-4-1-2-6-10(9)11/h1-2,4,6,11-12,14H,3,5,7-8,13H2. The summed E-state index contributed by atoms with van der Waals surface area (Å²) >= 11 is 0. The van der Waals surface area contributed by atoms with Crippen LogP contribution in [0.25, 0.3) is 0 Å². The molecule has 0 aromatic heterocycles. The molecule has 0 aliphatic heterocycles. The van der Waals surface area contributed by atoms with Crippen LogP contribution in [0.1, 0.15) is 29.9 Å². The Bertz CT molecular complexity index is 311. The highest BCUT2D eigenvalue weighted by molar-refractivity contribution is 5.33. The molecule has 1 aliphatic carbocycles. The Hall–Kier alpha value is -0.860. The predicted molar refractivity (Wildman–Crippen MR) is 57.2 cm³/mol. The van der Waals surface area contributed by atoms with E-state index in [4.69, 9.17) is 10.8 Å². The van der Waals surface area contributed by atoms with E-state index in [0.717, 1.165) is 12.8 Å². The minimum Gasteiger partial charge on any atom is -0.395 e. The predicted octanol–water partition coefficient (Wildman–Crippen LogP) is 1.43. The van der Waals surface area contributed by atoms with Crippen molar-refractivity contribution in [1.82, 2.24) is 0 Å². The first-order valence-electron chi connectivity index (χ1n) is 5.27. The average molecular weight is 191 g/mol. The molecule has 14 heavy (non-hydrogen) atoms. The second-order valence-corrected chi connectivity index (χ2v) is 4.04. The van der Waals surface area contributed by atoms with E-state index in [9.17, 15) is 0 Å². The number of benzene rings is 1. The van der Waals surface area contributed by atoms with Gasteiger partial charge in [-0.3, -0.25) is 0 Å². The summed E-state index contributed by atoms with van der Waals surface area (Å²) in [5.74, 6) is 0.352. The summed E-state index contributed by atoms with van der Waals surface area (Å²) in [6.07, 6.45) is 3.46. The van der Waals surface area contributed by atoms with Gasteiger partial charge in [-0.05, 0) is 30.4 Å². The summed E-state index contributed by atoms with van der Waals surface area (Å²) in [6, 6.07) is 8.35. The van der Waals surface area contributed by atoms with E-state index in [1.54, 1.807) is 0 Å². The van der Waals surface area contributed by atoms with Crippen LogP contribution in [0, 0.1) is 0 Å². The van der Waals surface area contributed by atoms with Crippen molar-refractivity contribution in [3.8, 4) is 0 Å². The van der Waals surface area contributed by atoms with Crippen molar-refractivity contribution < 1.29 is 5.11 Å². The zero-order chi connectivity index (χ0) is 9.97. The molecule has 0 saturated carbocycles. The molecule has 1 aromatic carbocycles. The van der Waals surface area contributed by atoms with E-state index < -0.39 is 0 Å². The lowest BCUT2D eigenvalue weighted by Gasteiger charge is -2.29. The van der Waals surface area contributed by atoms with Crippen LogP contribution < -0.4 is 5.73 Å². The molecule has 0 amide bonds. The van der Waals surface area contributed by atoms with Gasteiger partial charge in [-0.25, -0.2) is 0 Å². The van der Waals surface area contributed by atoms with E-state index in [1.165, 1.54) is 17.5 Å². The molecule has 2 nitrogen and oxygen atoms in total. The average Bonchev–Trinajstić information content (AvgIpc) is 2.27. The number of rotatable bonds is 2. The van der Waals surface area contributed by atoms with Crippen LogP contribution in [0.4, 0.5) is 0 Å². The normalized spacial score (nSPS) is 22.9. The largest absolute Gasteiger partial charge is 0.395 e. The van der Waals surface area contributed by atoms with Gasteiger partial charge in [0, 0.05) is 12.0 Å². The highest BCUT2D eigenvalue weighted by atomic mass is 16.3. The van der Waals surface area contributed by atoms with Gasteiger partial charge >= 0.3 is 0 Å². The Morgan fingerprint density at radius 1 is 1.43 bits per heavy atom. The fraction of sp³-hybridized carbons (Fsp3) is 0.500. The van der Waals surface area contributed by atoms with Crippen LogP contribution in [-0.2, 0) is 6.42 Å². The molecule has 0 fully saturated rings. The molecule has 3 N–H and O–H groups in total. The summed E-state index contributed by atoms with van der Waals surface area (Å²) in [5, 5.41) is 9.09. The van der Waals surface area contributed by atoms with Crippen molar-refractivity contribution in [3.63, 3.8) is 0 Å². The van der Waals surface area contributed by atoms with Crippen LogP contribution >= 0.6 is 0 Å². The first kappa shape index (κ1) is 9.69. The number of hydrogen-bond acceptors (Lipinski definition) is 2. The molecule has 2 unspecified atom stereocenters. The lowest BCUT2D eigenvalue weighted by atomic mass is 9.79. The third kappa shape index (κ3) is 1.68. The van der Waals surface area contributed by atoms with Crippen LogP contribution in [0.2, 0.25) is 0 Å². The maximum atomic E-state index is 9.09. The van der Waals surface area contributed by atoms with Crippen LogP contribution in [0.15, 0.2) is 24.3 Å². The molecule has 0 radical (unpaired) electrons. The van der Waals surface area contributed by atoms with E-state index in [0.29, 0.717) is 5.92 Å². The van der Waals surface area contributed by atoms with Crippen molar-refractivity contribution in [2.75, 3.05) is 6.61 Å². The number of aliphatic hydroxyl groups is 1. The topological polar surface area (TPSA) is 46.2 Å². The second-order valence-electron chi connectivity index (χ2n) is 4.04. The van der Waals surface area contributed by atoms with Crippen LogP contribution in [0.5, 0.6) is 0 Å². The minimum atomic E-state index is -0.101. The van der Waals surface area contributed by atoms with Crippen molar-refractivity contribution in [3.05, 3.63) is 35.4 Å². The molecule has 2 heteroatoms. The highest BCUT2D eigenvalue weighted by Crippen LogP contribution is 2.32. The fourth-order valence-corrected chi connectivity index (χ4v) is 2.36. The highest BCUT2D eigenvalue weighted by Gasteiger charge is 2.24. The van der Waals surface area contributed by atoms with Gasteiger partial charge in [0.1, 0.15) is 0 Å². The Morgan fingerprint density at radius 2 is 2.21 bits per heavy atom. The maximum absolute atomic E-state index is 9.09. The molecule has 76 valence electrons. The minimum absolute atomic E-state index is 0.0823. The molecular weight excluding hydrogens is 174 g/mol. The number of fused-ring (bicyclic) bond motifs is 1. The number of nitrogens with two attached hydrogens (primary N) is 1. The molecular formula is C12H17NO. The van der Waals surface area contributed by atoms with Crippen molar-refractivity contribution in [1.29, 1.82) is 0 Å². The molecule has 0 saturated heterocycles. The van der Waals surface area contributed by atoms with Gasteiger partial charge < -0.3 is 10.8 Å². The van der Waals surface area contributed by atoms with Crippen LogP contribution in [0.3, 0.4) is 0 Å². The van der Waals surface area contributed by atoms with Gasteiger partial charge in [0.15, 0.2) is 0 Å². The Labute approximate surface area is 84.7 Å². The maximum Gasteiger partial charge on any atom is 0.0588 e. The Morgan fingerprint density at radius 3 is 3.00 bits per heavy atom. The monoisotopic (exact) mass is 191 g/mol. The number of aliphatic hydroxyl groups excluding tert-OH is 1. The lowest BCUT2D eigenvalue weighted by Crippen LogP contribution is -2.34. The molecule has 1 aliphatic rings. The van der Waals surface area contributed by atoms with Gasteiger partial charge in [0.2, 0.25) is 0 Å². The molecule has 0 spiro atoms. The Balaban J connectivity index is 2.30. The molecule has 0 bridgehead atoms. The summed E-state index contributed by atoms with van der Waals surface area (Å²) < 4.78 is 0. The van der Waals surface area contributed by atoms with Gasteiger partial charge in [0.05, 0.1) is 6.61 Å². The van der Waals surface area contributed by atoms with E-state index in [1.807, 2.05) is 0 Å². The first-order chi connectivity index (χ1) is 6.83. The van der Waals surface area contributed by atoms with E-state index in [-0.39, 0.29) is 12.6 Å².